The lowest BCUT2D eigenvalue weighted by atomic mass is 10.2. The highest BCUT2D eigenvalue weighted by Crippen LogP contribution is 2.31. The second-order valence-electron chi connectivity index (χ2n) is 8.82. The fourth-order valence-corrected chi connectivity index (χ4v) is 5.42. The van der Waals surface area contributed by atoms with E-state index in [-0.39, 0.29) is 28.8 Å². The van der Waals surface area contributed by atoms with E-state index in [1.54, 1.807) is 4.90 Å². The number of nitrogens with zero attached hydrogens (tertiary/aromatic N) is 3. The van der Waals surface area contributed by atoms with E-state index in [9.17, 15) is 13.2 Å². The lowest BCUT2D eigenvalue weighted by molar-refractivity contribution is 0.00150. The lowest BCUT2D eigenvalue weighted by Gasteiger charge is -2.41. The van der Waals surface area contributed by atoms with Crippen LogP contribution in [0, 0.1) is 11.3 Å². The summed E-state index contributed by atoms with van der Waals surface area (Å²) in [5.74, 6) is 0.0740. The molecule has 2 aliphatic rings. The van der Waals surface area contributed by atoms with E-state index < -0.39 is 15.4 Å². The Kier molecular flexibility index (Phi) is 6.20. The Morgan fingerprint density at radius 2 is 1.76 bits per heavy atom. The molecule has 1 amide bonds. The molecule has 2 heterocycles. The maximum atomic E-state index is 12.6. The molecular weight excluding hydrogens is 390 g/mol. The topological polar surface area (TPSA) is 90.7 Å². The Bertz CT molecular complexity index is 870. The van der Waals surface area contributed by atoms with Crippen LogP contribution in [-0.4, -0.2) is 67.4 Å². The van der Waals surface area contributed by atoms with Gasteiger partial charge in [0, 0.05) is 25.2 Å². The fraction of sp³-hybridized carbons (Fsp3) is 0.619. The quantitative estimate of drug-likeness (QED) is 0.729. The number of benzene rings is 1. The number of rotatable bonds is 5. The first-order valence-electron chi connectivity index (χ1n) is 10.1. The van der Waals surface area contributed by atoms with Crippen LogP contribution < -0.4 is 0 Å². The molecule has 8 heteroatoms. The second kappa shape index (κ2) is 8.33. The van der Waals surface area contributed by atoms with Crippen LogP contribution in [0.1, 0.15) is 45.6 Å². The van der Waals surface area contributed by atoms with Gasteiger partial charge >= 0.3 is 6.09 Å². The van der Waals surface area contributed by atoms with Crippen LogP contribution >= 0.6 is 0 Å². The normalized spacial score (nSPS) is 22.3. The van der Waals surface area contributed by atoms with Crippen molar-refractivity contribution in [3.8, 4) is 6.07 Å². The highest BCUT2D eigenvalue weighted by Gasteiger charge is 2.42. The Labute approximate surface area is 173 Å². The summed E-state index contributed by atoms with van der Waals surface area (Å²) in [5, 5.41) is 8.84. The third-order valence-electron chi connectivity index (χ3n) is 5.46. The van der Waals surface area contributed by atoms with Crippen molar-refractivity contribution in [3.63, 3.8) is 0 Å². The summed E-state index contributed by atoms with van der Waals surface area (Å²) in [4.78, 5) is 16.8. The molecule has 2 fully saturated rings. The largest absolute Gasteiger partial charge is 0.444 e. The standard InChI is InChI=1S/C21H29N3O4S/c1-21(2,3)28-20(25)23-14-17-7-8-18(15-23)24(17)11-4-12-29(26,27)19-9-5-16(13-22)6-10-19/h5-6,9-10,17-18H,4,7-8,11-12,14-15H2,1-3H3. The Morgan fingerprint density at radius 1 is 1.17 bits per heavy atom. The second-order valence-corrected chi connectivity index (χ2v) is 10.9. The molecule has 1 aromatic rings. The highest BCUT2D eigenvalue weighted by atomic mass is 32.2. The number of amides is 1. The number of likely N-dealkylation sites (tertiary alicyclic amines) is 1. The number of piperazine rings is 1. The predicted octanol–water partition coefficient (Wildman–Crippen LogP) is 2.81. The van der Waals surface area contributed by atoms with Crippen LogP contribution in [0.15, 0.2) is 29.2 Å². The number of carbonyl (C=O) groups excluding carboxylic acids is 1. The van der Waals surface area contributed by atoms with Gasteiger partial charge in [-0.2, -0.15) is 5.26 Å². The number of ether oxygens (including phenoxy) is 1. The summed E-state index contributed by atoms with van der Waals surface area (Å²) in [6.45, 7) is 7.56. The number of sulfone groups is 1. The molecule has 1 aromatic carbocycles. The summed E-state index contributed by atoms with van der Waals surface area (Å²) in [5.41, 5.74) is -0.0593. The van der Waals surface area contributed by atoms with Crippen LogP contribution in [0.3, 0.4) is 0 Å². The third-order valence-corrected chi connectivity index (χ3v) is 7.27. The fourth-order valence-electron chi connectivity index (χ4n) is 4.12. The van der Waals surface area contributed by atoms with Gasteiger partial charge in [0.25, 0.3) is 0 Å². The van der Waals surface area contributed by atoms with Crippen molar-refractivity contribution in [1.82, 2.24) is 9.80 Å². The first-order valence-corrected chi connectivity index (χ1v) is 11.7. The molecule has 0 aliphatic carbocycles. The highest BCUT2D eigenvalue weighted by molar-refractivity contribution is 7.91. The number of carbonyl (C=O) groups is 1. The monoisotopic (exact) mass is 419 g/mol. The van der Waals surface area contributed by atoms with Gasteiger partial charge in [-0.05, 0) is 70.8 Å². The van der Waals surface area contributed by atoms with Crippen LogP contribution in [0.5, 0.6) is 0 Å². The SMILES string of the molecule is CC(C)(C)OC(=O)N1CC2CCC(C1)N2CCCS(=O)(=O)c1ccc(C#N)cc1. The third kappa shape index (κ3) is 5.28. The number of hydrogen-bond donors (Lipinski definition) is 0. The predicted molar refractivity (Wildman–Crippen MR) is 109 cm³/mol. The van der Waals surface area contributed by atoms with Gasteiger partial charge in [0.15, 0.2) is 9.84 Å². The first kappa shape index (κ1) is 21.6. The Hall–Kier alpha value is -2.11. The van der Waals surface area contributed by atoms with Gasteiger partial charge in [-0.3, -0.25) is 4.90 Å². The van der Waals surface area contributed by atoms with Crippen LogP contribution in [0.4, 0.5) is 4.79 Å². The molecule has 0 spiro atoms. The van der Waals surface area contributed by atoms with Gasteiger partial charge in [-0.1, -0.05) is 0 Å². The summed E-state index contributed by atoms with van der Waals surface area (Å²) >= 11 is 0. The number of fused-ring (bicyclic) bond motifs is 2. The average Bonchev–Trinajstić information content (AvgIpc) is 2.88. The van der Waals surface area contributed by atoms with Gasteiger partial charge in [-0.25, -0.2) is 13.2 Å². The molecule has 2 aliphatic heterocycles. The summed E-state index contributed by atoms with van der Waals surface area (Å²) < 4.78 is 30.6. The van der Waals surface area contributed by atoms with E-state index in [4.69, 9.17) is 10.00 Å². The van der Waals surface area contributed by atoms with E-state index in [1.165, 1.54) is 24.3 Å². The molecule has 158 valence electrons. The van der Waals surface area contributed by atoms with Crippen molar-refractivity contribution in [2.45, 2.75) is 62.6 Å². The molecule has 0 N–H and O–H groups in total. The molecule has 3 rings (SSSR count). The summed E-state index contributed by atoms with van der Waals surface area (Å²) in [6, 6.07) is 8.58. The average molecular weight is 420 g/mol. The van der Waals surface area contributed by atoms with E-state index in [0.717, 1.165) is 12.8 Å². The Balaban J connectivity index is 1.53. The number of nitriles is 1. The molecule has 2 atom stereocenters. The van der Waals surface area contributed by atoms with Crippen LogP contribution in [0.2, 0.25) is 0 Å². The van der Waals surface area contributed by atoms with Crippen molar-refractivity contribution in [2.75, 3.05) is 25.4 Å². The summed E-state index contributed by atoms with van der Waals surface area (Å²) in [7, 11) is -3.37. The molecule has 2 saturated heterocycles. The van der Waals surface area contributed by atoms with E-state index in [2.05, 4.69) is 4.90 Å². The molecule has 0 aromatic heterocycles. The zero-order valence-electron chi connectivity index (χ0n) is 17.3. The van der Waals surface area contributed by atoms with Gasteiger partial charge in [0.05, 0.1) is 22.3 Å². The minimum absolute atomic E-state index is 0.0740. The Morgan fingerprint density at radius 3 is 2.28 bits per heavy atom. The minimum atomic E-state index is -3.37. The smallest absolute Gasteiger partial charge is 0.410 e. The molecular formula is C21H29N3O4S. The maximum Gasteiger partial charge on any atom is 0.410 e. The number of hydrogen-bond acceptors (Lipinski definition) is 6. The van der Waals surface area contributed by atoms with E-state index in [1.807, 2.05) is 26.8 Å². The van der Waals surface area contributed by atoms with Crippen molar-refractivity contribution in [3.05, 3.63) is 29.8 Å². The molecule has 0 saturated carbocycles. The van der Waals surface area contributed by atoms with Crippen molar-refractivity contribution in [1.29, 1.82) is 5.26 Å². The van der Waals surface area contributed by atoms with E-state index in [0.29, 0.717) is 31.6 Å². The first-order chi connectivity index (χ1) is 13.6. The zero-order valence-corrected chi connectivity index (χ0v) is 18.1. The van der Waals surface area contributed by atoms with Crippen molar-refractivity contribution in [2.24, 2.45) is 0 Å². The summed E-state index contributed by atoms with van der Waals surface area (Å²) in [6.07, 6.45) is 2.32. The van der Waals surface area contributed by atoms with Gasteiger partial charge in [-0.15, -0.1) is 0 Å². The van der Waals surface area contributed by atoms with Gasteiger partial charge in [0.2, 0.25) is 0 Å². The van der Waals surface area contributed by atoms with Gasteiger partial charge < -0.3 is 9.64 Å². The molecule has 29 heavy (non-hydrogen) atoms. The van der Waals surface area contributed by atoms with Gasteiger partial charge in [0.1, 0.15) is 5.60 Å². The van der Waals surface area contributed by atoms with Crippen LogP contribution in [0.25, 0.3) is 0 Å². The molecule has 2 bridgehead atoms. The molecule has 0 radical (unpaired) electrons. The maximum absolute atomic E-state index is 12.6. The molecule has 2 unspecified atom stereocenters. The zero-order chi connectivity index (χ0) is 21.2. The van der Waals surface area contributed by atoms with Crippen LogP contribution in [-0.2, 0) is 14.6 Å². The lowest BCUT2D eigenvalue weighted by Crippen LogP contribution is -2.56. The van der Waals surface area contributed by atoms with E-state index >= 15 is 0 Å². The minimum Gasteiger partial charge on any atom is -0.444 e. The molecule has 7 nitrogen and oxygen atoms in total. The van der Waals surface area contributed by atoms with Crippen molar-refractivity contribution < 1.29 is 17.9 Å². The van der Waals surface area contributed by atoms with Crippen molar-refractivity contribution >= 4 is 15.9 Å².